The van der Waals surface area contributed by atoms with Crippen molar-refractivity contribution in [2.45, 2.75) is 33.1 Å². The number of halogens is 1. The molecular weight excluding hydrogens is 363 g/mol. The van der Waals surface area contributed by atoms with Gasteiger partial charge in [-0.1, -0.05) is 13.8 Å². The molecule has 2 fully saturated rings. The molecule has 0 spiro atoms. The summed E-state index contributed by atoms with van der Waals surface area (Å²) in [5.41, 5.74) is 0. The van der Waals surface area contributed by atoms with Gasteiger partial charge >= 0.3 is 0 Å². The monoisotopic (exact) mass is 394 g/mol. The average molecular weight is 394 g/mol. The molecule has 1 unspecified atom stereocenters. The summed E-state index contributed by atoms with van der Waals surface area (Å²) < 4.78 is 0. The smallest absolute Gasteiger partial charge is 0.193 e. The third-order valence-corrected chi connectivity index (χ3v) is 4.66. The Morgan fingerprint density at radius 3 is 2.45 bits per heavy atom. The van der Waals surface area contributed by atoms with Crippen molar-refractivity contribution >= 4 is 29.9 Å². The van der Waals surface area contributed by atoms with Crippen molar-refractivity contribution in [2.75, 3.05) is 46.3 Å². The molecule has 2 rings (SSSR count). The van der Waals surface area contributed by atoms with Crippen LogP contribution in [0.1, 0.15) is 33.1 Å². The van der Waals surface area contributed by atoms with Crippen molar-refractivity contribution < 1.29 is 0 Å². The summed E-state index contributed by atoms with van der Waals surface area (Å²) in [6, 6.07) is 0. The second-order valence-corrected chi connectivity index (χ2v) is 6.15. The number of aliphatic imine (C=N–C) groups is 1. The molecule has 118 valence electrons. The quantitative estimate of drug-likeness (QED) is 0.453. The minimum Gasteiger partial charge on any atom is -0.356 e. The maximum Gasteiger partial charge on any atom is 0.193 e. The summed E-state index contributed by atoms with van der Waals surface area (Å²) in [5, 5.41) is 3.59. The van der Waals surface area contributed by atoms with Crippen molar-refractivity contribution in [3.8, 4) is 0 Å². The van der Waals surface area contributed by atoms with Crippen molar-refractivity contribution in [1.29, 1.82) is 0 Å². The summed E-state index contributed by atoms with van der Waals surface area (Å²) in [4.78, 5) is 9.42. The van der Waals surface area contributed by atoms with Crippen molar-refractivity contribution in [2.24, 2.45) is 16.8 Å². The van der Waals surface area contributed by atoms with Crippen molar-refractivity contribution in [1.82, 2.24) is 15.1 Å². The van der Waals surface area contributed by atoms with Gasteiger partial charge in [-0.25, -0.2) is 0 Å². The summed E-state index contributed by atoms with van der Waals surface area (Å²) in [6.07, 6.45) is 3.93. The van der Waals surface area contributed by atoms with Crippen LogP contribution in [0.5, 0.6) is 0 Å². The van der Waals surface area contributed by atoms with Crippen LogP contribution < -0.4 is 5.32 Å². The largest absolute Gasteiger partial charge is 0.356 e. The Morgan fingerprint density at radius 1 is 1.20 bits per heavy atom. The predicted octanol–water partition coefficient (Wildman–Crippen LogP) is 2.25. The minimum absolute atomic E-state index is 0. The lowest BCUT2D eigenvalue weighted by molar-refractivity contribution is 0.271. The van der Waals surface area contributed by atoms with Gasteiger partial charge in [0.25, 0.3) is 0 Å². The molecular formula is C15H31IN4. The lowest BCUT2D eigenvalue weighted by atomic mass is 9.99. The molecule has 0 bridgehead atoms. The van der Waals surface area contributed by atoms with Crippen LogP contribution in [-0.4, -0.2) is 62.1 Å². The van der Waals surface area contributed by atoms with E-state index in [0.717, 1.165) is 37.4 Å². The van der Waals surface area contributed by atoms with Crippen LogP contribution in [0, 0.1) is 11.8 Å². The highest BCUT2D eigenvalue weighted by Gasteiger charge is 2.23. The van der Waals surface area contributed by atoms with E-state index in [1.54, 1.807) is 0 Å². The molecule has 5 heteroatoms. The summed E-state index contributed by atoms with van der Waals surface area (Å²) in [6.45, 7) is 11.7. The van der Waals surface area contributed by atoms with Gasteiger partial charge in [-0.2, -0.15) is 0 Å². The number of nitrogens with zero attached hydrogens (tertiary/aromatic N) is 3. The second kappa shape index (κ2) is 9.07. The van der Waals surface area contributed by atoms with Gasteiger partial charge in [-0.15, -0.1) is 24.0 Å². The second-order valence-electron chi connectivity index (χ2n) is 6.15. The highest BCUT2D eigenvalue weighted by atomic mass is 127. The normalized spacial score (nSPS) is 25.6. The lowest BCUT2D eigenvalue weighted by Gasteiger charge is -2.33. The molecule has 20 heavy (non-hydrogen) atoms. The van der Waals surface area contributed by atoms with Gasteiger partial charge < -0.3 is 15.1 Å². The maximum atomic E-state index is 4.45. The zero-order chi connectivity index (χ0) is 13.7. The number of nitrogens with one attached hydrogen (secondary N) is 1. The van der Waals surface area contributed by atoms with E-state index in [2.05, 4.69) is 34.0 Å². The Labute approximate surface area is 141 Å². The first-order valence-electron chi connectivity index (χ1n) is 7.90. The number of hydrogen-bond donors (Lipinski definition) is 1. The fraction of sp³-hybridized carbons (Fsp3) is 0.933. The minimum atomic E-state index is 0. The Morgan fingerprint density at radius 2 is 1.90 bits per heavy atom. The van der Waals surface area contributed by atoms with Crippen LogP contribution in [0.4, 0.5) is 0 Å². The molecule has 0 radical (unpaired) electrons. The van der Waals surface area contributed by atoms with Crippen LogP contribution in [0.25, 0.3) is 0 Å². The van der Waals surface area contributed by atoms with Crippen LogP contribution in [-0.2, 0) is 0 Å². The molecule has 0 aliphatic carbocycles. The molecule has 2 saturated heterocycles. The average Bonchev–Trinajstić information content (AvgIpc) is 2.89. The van der Waals surface area contributed by atoms with E-state index in [9.17, 15) is 0 Å². The van der Waals surface area contributed by atoms with E-state index >= 15 is 0 Å². The maximum absolute atomic E-state index is 4.45. The lowest BCUT2D eigenvalue weighted by Crippen LogP contribution is -2.46. The highest BCUT2D eigenvalue weighted by molar-refractivity contribution is 14.0. The fourth-order valence-electron chi connectivity index (χ4n) is 3.15. The zero-order valence-corrected chi connectivity index (χ0v) is 15.6. The molecule has 0 aromatic heterocycles. The molecule has 0 aromatic carbocycles. The van der Waals surface area contributed by atoms with Crippen LogP contribution in [0.15, 0.2) is 4.99 Å². The predicted molar refractivity (Wildman–Crippen MR) is 97.0 cm³/mol. The van der Waals surface area contributed by atoms with Gasteiger partial charge in [0.1, 0.15) is 0 Å². The molecule has 1 atom stereocenters. The van der Waals surface area contributed by atoms with Crippen molar-refractivity contribution in [3.63, 3.8) is 0 Å². The van der Waals surface area contributed by atoms with Gasteiger partial charge in [0, 0.05) is 33.2 Å². The van der Waals surface area contributed by atoms with Gasteiger partial charge in [0.2, 0.25) is 0 Å². The zero-order valence-electron chi connectivity index (χ0n) is 13.3. The van der Waals surface area contributed by atoms with E-state index < -0.39 is 0 Å². The molecule has 2 aliphatic heterocycles. The number of rotatable bonds is 3. The Kier molecular flexibility index (Phi) is 8.17. The molecule has 2 aliphatic rings. The third kappa shape index (κ3) is 5.06. The fourth-order valence-corrected chi connectivity index (χ4v) is 3.15. The van der Waals surface area contributed by atoms with E-state index in [0.29, 0.717) is 0 Å². The first-order valence-corrected chi connectivity index (χ1v) is 7.90. The van der Waals surface area contributed by atoms with Crippen LogP contribution >= 0.6 is 24.0 Å². The number of piperidine rings is 1. The molecule has 2 heterocycles. The number of hydrogen-bond acceptors (Lipinski definition) is 2. The number of guanidine groups is 1. The number of likely N-dealkylation sites (tertiary alicyclic amines) is 2. The summed E-state index contributed by atoms with van der Waals surface area (Å²) in [7, 11) is 1.91. The summed E-state index contributed by atoms with van der Waals surface area (Å²) in [5.74, 6) is 2.78. The van der Waals surface area contributed by atoms with Gasteiger partial charge in [-0.05, 0) is 44.2 Å². The van der Waals surface area contributed by atoms with Crippen LogP contribution in [0.3, 0.4) is 0 Å². The highest BCUT2D eigenvalue weighted by Crippen LogP contribution is 2.17. The first kappa shape index (κ1) is 18.0. The molecule has 0 amide bonds. The summed E-state index contributed by atoms with van der Waals surface area (Å²) >= 11 is 0. The standard InChI is InChI=1S/C15H30N4.HI/c1-4-18-8-7-14(12-18)11-17-15(16-3)19-9-5-13(2)6-10-19;/h13-14H,4-12H2,1-3H3,(H,16,17);1H. The van der Waals surface area contributed by atoms with E-state index in [1.165, 1.54) is 38.9 Å². The molecule has 0 aromatic rings. The van der Waals surface area contributed by atoms with E-state index in [1.807, 2.05) is 7.05 Å². The van der Waals surface area contributed by atoms with Gasteiger partial charge in [0.15, 0.2) is 5.96 Å². The Balaban J connectivity index is 0.00000200. The molecule has 1 N–H and O–H groups in total. The van der Waals surface area contributed by atoms with Gasteiger partial charge in [0.05, 0.1) is 0 Å². The molecule has 4 nitrogen and oxygen atoms in total. The van der Waals surface area contributed by atoms with Crippen molar-refractivity contribution in [3.05, 3.63) is 0 Å². The van der Waals surface area contributed by atoms with E-state index in [4.69, 9.17) is 0 Å². The van der Waals surface area contributed by atoms with E-state index in [-0.39, 0.29) is 24.0 Å². The third-order valence-electron chi connectivity index (χ3n) is 4.66. The molecule has 0 saturated carbocycles. The Hall–Kier alpha value is -0.0400. The topological polar surface area (TPSA) is 30.9 Å². The first-order chi connectivity index (χ1) is 9.22. The Bertz CT molecular complexity index is 300. The van der Waals surface area contributed by atoms with Crippen LogP contribution in [0.2, 0.25) is 0 Å². The van der Waals surface area contributed by atoms with Gasteiger partial charge in [-0.3, -0.25) is 4.99 Å². The SMILES string of the molecule is CCN1CCC(CNC(=NC)N2CCC(C)CC2)C1.I.